The highest BCUT2D eigenvalue weighted by Gasteiger charge is 2.29. The van der Waals surface area contributed by atoms with Gasteiger partial charge < -0.3 is 10.4 Å². The summed E-state index contributed by atoms with van der Waals surface area (Å²) >= 11 is 6.16. The molecule has 22 heavy (non-hydrogen) atoms. The zero-order chi connectivity index (χ0) is 15.5. The van der Waals surface area contributed by atoms with Crippen molar-refractivity contribution in [2.75, 3.05) is 25.0 Å². The lowest BCUT2D eigenvalue weighted by atomic mass is 9.96. The molecular weight excluding hydrogens is 300 g/mol. The molecule has 5 heteroatoms. The van der Waals surface area contributed by atoms with E-state index in [1.807, 2.05) is 47.4 Å². The molecule has 1 unspecified atom stereocenters. The van der Waals surface area contributed by atoms with Crippen LogP contribution in [0.5, 0.6) is 0 Å². The van der Waals surface area contributed by atoms with Crippen molar-refractivity contribution in [1.29, 1.82) is 0 Å². The number of aliphatic hydroxyl groups is 1. The van der Waals surface area contributed by atoms with Crippen molar-refractivity contribution in [3.63, 3.8) is 0 Å². The summed E-state index contributed by atoms with van der Waals surface area (Å²) < 4.78 is 0. The molecule has 0 aliphatic carbocycles. The molecule has 1 aliphatic rings. The fourth-order valence-electron chi connectivity index (χ4n) is 2.90. The highest BCUT2D eigenvalue weighted by atomic mass is 35.5. The van der Waals surface area contributed by atoms with Crippen LogP contribution in [0, 0.1) is 0 Å². The van der Waals surface area contributed by atoms with Crippen LogP contribution in [0.3, 0.4) is 0 Å². The SMILES string of the molecule is O=C1CN(CCO)C(c2ccccc2)c2cc(Cl)ccc2N1. The molecule has 0 fully saturated rings. The van der Waals surface area contributed by atoms with E-state index >= 15 is 0 Å². The molecule has 2 aromatic rings. The average Bonchev–Trinajstić information content (AvgIpc) is 2.64. The minimum Gasteiger partial charge on any atom is -0.395 e. The van der Waals surface area contributed by atoms with Gasteiger partial charge in [-0.25, -0.2) is 0 Å². The van der Waals surface area contributed by atoms with Crippen LogP contribution in [0.25, 0.3) is 0 Å². The summed E-state index contributed by atoms with van der Waals surface area (Å²) in [5.41, 5.74) is 2.78. The van der Waals surface area contributed by atoms with Crippen molar-refractivity contribution in [3.8, 4) is 0 Å². The molecule has 0 spiro atoms. The molecule has 4 nitrogen and oxygen atoms in total. The van der Waals surface area contributed by atoms with Gasteiger partial charge in [0.05, 0.1) is 19.2 Å². The molecule has 1 atom stereocenters. The quantitative estimate of drug-likeness (QED) is 0.915. The van der Waals surface area contributed by atoms with Crippen LogP contribution in [-0.4, -0.2) is 35.6 Å². The Morgan fingerprint density at radius 2 is 2.00 bits per heavy atom. The zero-order valence-electron chi connectivity index (χ0n) is 12.0. The van der Waals surface area contributed by atoms with Gasteiger partial charge in [-0.3, -0.25) is 9.69 Å². The van der Waals surface area contributed by atoms with Gasteiger partial charge in [-0.05, 0) is 29.3 Å². The average molecular weight is 317 g/mol. The Kier molecular flexibility index (Phi) is 4.43. The van der Waals surface area contributed by atoms with Crippen LogP contribution in [0.4, 0.5) is 5.69 Å². The number of carbonyl (C=O) groups is 1. The molecule has 0 saturated carbocycles. The number of aliphatic hydroxyl groups excluding tert-OH is 1. The van der Waals surface area contributed by atoms with Gasteiger partial charge in [0.25, 0.3) is 0 Å². The van der Waals surface area contributed by atoms with Crippen LogP contribution in [0.1, 0.15) is 17.2 Å². The number of hydrogen-bond acceptors (Lipinski definition) is 3. The predicted molar refractivity (Wildman–Crippen MR) is 87.0 cm³/mol. The lowest BCUT2D eigenvalue weighted by Crippen LogP contribution is -2.36. The number of hydrogen-bond donors (Lipinski definition) is 2. The van der Waals surface area contributed by atoms with Crippen LogP contribution < -0.4 is 5.32 Å². The number of carbonyl (C=O) groups excluding carboxylic acids is 1. The second-order valence-electron chi connectivity index (χ2n) is 5.29. The number of amides is 1. The van der Waals surface area contributed by atoms with Crippen molar-refractivity contribution in [1.82, 2.24) is 4.90 Å². The minimum atomic E-state index is -0.124. The number of halogens is 1. The van der Waals surface area contributed by atoms with E-state index in [-0.39, 0.29) is 25.1 Å². The number of nitrogens with one attached hydrogen (secondary N) is 1. The van der Waals surface area contributed by atoms with E-state index < -0.39 is 0 Å². The summed E-state index contributed by atoms with van der Waals surface area (Å²) in [6.45, 7) is 0.637. The van der Waals surface area contributed by atoms with E-state index in [1.54, 1.807) is 6.07 Å². The summed E-state index contributed by atoms with van der Waals surface area (Å²) in [7, 11) is 0. The van der Waals surface area contributed by atoms with E-state index in [0.717, 1.165) is 16.8 Å². The van der Waals surface area contributed by atoms with Crippen molar-refractivity contribution >= 4 is 23.2 Å². The fourth-order valence-corrected chi connectivity index (χ4v) is 3.08. The normalized spacial score (nSPS) is 18.5. The van der Waals surface area contributed by atoms with Crippen molar-refractivity contribution in [3.05, 3.63) is 64.7 Å². The van der Waals surface area contributed by atoms with E-state index in [9.17, 15) is 9.90 Å². The number of rotatable bonds is 3. The third kappa shape index (κ3) is 2.99. The number of anilines is 1. The van der Waals surface area contributed by atoms with Gasteiger partial charge in [0.1, 0.15) is 0 Å². The Balaban J connectivity index is 2.15. The molecule has 3 rings (SSSR count). The third-order valence-corrected chi connectivity index (χ3v) is 4.03. The van der Waals surface area contributed by atoms with E-state index in [1.165, 1.54) is 0 Å². The maximum atomic E-state index is 12.1. The summed E-state index contributed by atoms with van der Waals surface area (Å²) in [5, 5.41) is 12.9. The molecule has 0 bridgehead atoms. The molecule has 1 aliphatic heterocycles. The van der Waals surface area contributed by atoms with Gasteiger partial charge in [0, 0.05) is 17.3 Å². The Labute approximate surface area is 134 Å². The van der Waals surface area contributed by atoms with E-state index in [4.69, 9.17) is 11.6 Å². The largest absolute Gasteiger partial charge is 0.395 e. The Morgan fingerprint density at radius 1 is 1.23 bits per heavy atom. The highest BCUT2D eigenvalue weighted by Crippen LogP contribution is 2.36. The number of fused-ring (bicyclic) bond motifs is 1. The molecule has 0 aromatic heterocycles. The summed E-state index contributed by atoms with van der Waals surface area (Å²) in [6.07, 6.45) is 0. The first-order valence-electron chi connectivity index (χ1n) is 7.18. The molecule has 0 saturated heterocycles. The first-order valence-corrected chi connectivity index (χ1v) is 7.56. The van der Waals surface area contributed by atoms with Gasteiger partial charge in [-0.15, -0.1) is 0 Å². The van der Waals surface area contributed by atoms with E-state index in [2.05, 4.69) is 5.32 Å². The van der Waals surface area contributed by atoms with Gasteiger partial charge in [0.2, 0.25) is 5.91 Å². The van der Waals surface area contributed by atoms with Crippen LogP contribution in [0.15, 0.2) is 48.5 Å². The second kappa shape index (κ2) is 6.48. The smallest absolute Gasteiger partial charge is 0.238 e. The molecule has 1 amide bonds. The molecule has 1 heterocycles. The first-order chi connectivity index (χ1) is 10.7. The zero-order valence-corrected chi connectivity index (χ0v) is 12.8. The number of nitrogens with zero attached hydrogens (tertiary/aromatic N) is 1. The Hall–Kier alpha value is -1.88. The maximum absolute atomic E-state index is 12.1. The van der Waals surface area contributed by atoms with Gasteiger partial charge in [-0.2, -0.15) is 0 Å². The fraction of sp³-hybridized carbons (Fsp3) is 0.235. The number of β-amino-alcohol motifs (C(OH)–C–C–N with tert-alkyl or cyclic N) is 1. The molecule has 2 aromatic carbocycles. The minimum absolute atomic E-state index is 0.00743. The topological polar surface area (TPSA) is 52.6 Å². The van der Waals surface area contributed by atoms with E-state index in [0.29, 0.717) is 11.6 Å². The highest BCUT2D eigenvalue weighted by molar-refractivity contribution is 6.30. The van der Waals surface area contributed by atoms with Gasteiger partial charge in [-0.1, -0.05) is 41.9 Å². The standard InChI is InChI=1S/C17H17ClN2O2/c18-13-6-7-15-14(10-13)17(12-4-2-1-3-5-12)20(8-9-21)11-16(22)19-15/h1-7,10,17,21H,8-9,11H2,(H,19,22). The lowest BCUT2D eigenvalue weighted by Gasteiger charge is -2.29. The summed E-state index contributed by atoms with van der Waals surface area (Å²) in [4.78, 5) is 14.1. The monoisotopic (exact) mass is 316 g/mol. The summed E-state index contributed by atoms with van der Waals surface area (Å²) in [5.74, 6) is -0.0875. The van der Waals surface area contributed by atoms with Crippen LogP contribution >= 0.6 is 11.6 Å². The van der Waals surface area contributed by atoms with Gasteiger partial charge >= 0.3 is 0 Å². The summed E-state index contributed by atoms with van der Waals surface area (Å²) in [6, 6.07) is 15.3. The molecule has 2 N–H and O–H groups in total. The molecule has 0 radical (unpaired) electrons. The predicted octanol–water partition coefficient (Wildman–Crippen LogP) is 2.68. The third-order valence-electron chi connectivity index (χ3n) is 3.80. The second-order valence-corrected chi connectivity index (χ2v) is 5.72. The maximum Gasteiger partial charge on any atom is 0.238 e. The Morgan fingerprint density at radius 3 is 2.73 bits per heavy atom. The molecule has 114 valence electrons. The molecular formula is C17H17ClN2O2. The first kappa shape index (κ1) is 15.0. The van der Waals surface area contributed by atoms with Crippen LogP contribution in [0.2, 0.25) is 5.02 Å². The van der Waals surface area contributed by atoms with Crippen molar-refractivity contribution in [2.45, 2.75) is 6.04 Å². The van der Waals surface area contributed by atoms with Gasteiger partial charge in [0.15, 0.2) is 0 Å². The lowest BCUT2D eigenvalue weighted by molar-refractivity contribution is -0.117. The Bertz CT molecular complexity index is 676. The van der Waals surface area contributed by atoms with Crippen molar-refractivity contribution < 1.29 is 9.90 Å². The van der Waals surface area contributed by atoms with Crippen molar-refractivity contribution in [2.24, 2.45) is 0 Å². The number of benzene rings is 2. The van der Waals surface area contributed by atoms with Crippen LogP contribution in [-0.2, 0) is 4.79 Å².